The van der Waals surface area contributed by atoms with Crippen LogP contribution in [0.2, 0.25) is 10.0 Å². The van der Waals surface area contributed by atoms with Crippen LogP contribution in [0.4, 0.5) is 17.3 Å². The van der Waals surface area contributed by atoms with E-state index in [4.69, 9.17) is 23.2 Å². The average Bonchev–Trinajstić information content (AvgIpc) is 2.62. The van der Waals surface area contributed by atoms with Crippen LogP contribution in [-0.2, 0) is 0 Å². The molecule has 0 atom stereocenters. The van der Waals surface area contributed by atoms with Crippen molar-refractivity contribution in [2.24, 2.45) is 0 Å². The molecule has 0 saturated heterocycles. The number of carbonyl (C=O) groups excluding carboxylic acids is 1. The SMILES string of the molecule is Cc1ccc(NC(=O)c2cnc(Nc3cc(Cl)ccc3Cl)nc2)cc1C. The van der Waals surface area contributed by atoms with Crippen molar-refractivity contribution in [3.8, 4) is 0 Å². The molecule has 2 aromatic carbocycles. The Kier molecular flexibility index (Phi) is 5.40. The van der Waals surface area contributed by atoms with Crippen molar-refractivity contribution in [2.75, 3.05) is 10.6 Å². The highest BCUT2D eigenvalue weighted by molar-refractivity contribution is 6.35. The van der Waals surface area contributed by atoms with Crippen LogP contribution in [-0.4, -0.2) is 15.9 Å². The van der Waals surface area contributed by atoms with E-state index >= 15 is 0 Å². The lowest BCUT2D eigenvalue weighted by Crippen LogP contribution is -2.13. The molecule has 7 heteroatoms. The summed E-state index contributed by atoms with van der Waals surface area (Å²) in [5, 5.41) is 6.84. The van der Waals surface area contributed by atoms with Crippen LogP contribution < -0.4 is 10.6 Å². The van der Waals surface area contributed by atoms with Gasteiger partial charge >= 0.3 is 0 Å². The number of aromatic nitrogens is 2. The number of hydrogen-bond donors (Lipinski definition) is 2. The van der Waals surface area contributed by atoms with Crippen LogP contribution >= 0.6 is 23.2 Å². The zero-order chi connectivity index (χ0) is 18.7. The van der Waals surface area contributed by atoms with Gasteiger partial charge in [-0.15, -0.1) is 0 Å². The predicted octanol–water partition coefficient (Wildman–Crippen LogP) is 5.40. The fourth-order valence-electron chi connectivity index (χ4n) is 2.25. The topological polar surface area (TPSA) is 66.9 Å². The van der Waals surface area contributed by atoms with Gasteiger partial charge in [-0.05, 0) is 55.3 Å². The van der Waals surface area contributed by atoms with Crippen LogP contribution in [0.5, 0.6) is 0 Å². The van der Waals surface area contributed by atoms with Crippen molar-refractivity contribution >= 4 is 46.4 Å². The first-order valence-electron chi connectivity index (χ1n) is 7.85. The van der Waals surface area contributed by atoms with E-state index in [1.165, 1.54) is 18.0 Å². The minimum atomic E-state index is -0.277. The van der Waals surface area contributed by atoms with E-state index in [0.717, 1.165) is 11.3 Å². The molecule has 0 bridgehead atoms. The Balaban J connectivity index is 1.71. The molecule has 1 heterocycles. The summed E-state index contributed by atoms with van der Waals surface area (Å²) in [5.41, 5.74) is 3.95. The Labute approximate surface area is 161 Å². The maximum absolute atomic E-state index is 12.3. The number of halogens is 2. The van der Waals surface area contributed by atoms with Gasteiger partial charge in [-0.25, -0.2) is 9.97 Å². The Bertz CT molecular complexity index is 958. The van der Waals surface area contributed by atoms with Gasteiger partial charge in [0.15, 0.2) is 0 Å². The first kappa shape index (κ1) is 18.2. The fraction of sp³-hybridized carbons (Fsp3) is 0.105. The summed E-state index contributed by atoms with van der Waals surface area (Å²) in [6.45, 7) is 4.02. The maximum Gasteiger partial charge on any atom is 0.258 e. The van der Waals surface area contributed by atoms with Gasteiger partial charge in [-0.2, -0.15) is 0 Å². The highest BCUT2D eigenvalue weighted by Crippen LogP contribution is 2.27. The van der Waals surface area contributed by atoms with Crippen molar-refractivity contribution in [3.05, 3.63) is 75.5 Å². The Hall–Kier alpha value is -2.63. The predicted molar refractivity (Wildman–Crippen MR) is 106 cm³/mol. The molecule has 0 aliphatic carbocycles. The van der Waals surface area contributed by atoms with Crippen LogP contribution in [0.15, 0.2) is 48.8 Å². The number of benzene rings is 2. The molecule has 26 heavy (non-hydrogen) atoms. The molecule has 0 unspecified atom stereocenters. The van der Waals surface area contributed by atoms with Gasteiger partial charge in [0.25, 0.3) is 5.91 Å². The van der Waals surface area contributed by atoms with Gasteiger partial charge < -0.3 is 10.6 Å². The third-order valence-corrected chi connectivity index (χ3v) is 4.42. The zero-order valence-electron chi connectivity index (χ0n) is 14.2. The molecule has 5 nitrogen and oxygen atoms in total. The van der Waals surface area contributed by atoms with E-state index in [0.29, 0.717) is 27.2 Å². The Morgan fingerprint density at radius 3 is 2.38 bits per heavy atom. The molecule has 0 saturated carbocycles. The van der Waals surface area contributed by atoms with Crippen molar-refractivity contribution in [1.29, 1.82) is 0 Å². The van der Waals surface area contributed by atoms with Gasteiger partial charge in [0.05, 0.1) is 16.3 Å². The van der Waals surface area contributed by atoms with Gasteiger partial charge in [0.2, 0.25) is 5.95 Å². The third kappa shape index (κ3) is 4.31. The summed E-state index contributed by atoms with van der Waals surface area (Å²) in [7, 11) is 0. The van der Waals surface area contributed by atoms with E-state index in [1.54, 1.807) is 18.2 Å². The monoisotopic (exact) mass is 386 g/mol. The summed E-state index contributed by atoms with van der Waals surface area (Å²) < 4.78 is 0. The van der Waals surface area contributed by atoms with Crippen LogP contribution in [0.1, 0.15) is 21.5 Å². The van der Waals surface area contributed by atoms with Crippen molar-refractivity contribution in [2.45, 2.75) is 13.8 Å². The quantitative estimate of drug-likeness (QED) is 0.629. The molecular weight excluding hydrogens is 371 g/mol. The lowest BCUT2D eigenvalue weighted by molar-refractivity contribution is 0.102. The van der Waals surface area contributed by atoms with E-state index in [-0.39, 0.29) is 5.91 Å². The summed E-state index contributed by atoms with van der Waals surface area (Å²) >= 11 is 12.1. The van der Waals surface area contributed by atoms with Crippen molar-refractivity contribution < 1.29 is 4.79 Å². The van der Waals surface area contributed by atoms with Gasteiger partial charge in [0.1, 0.15) is 0 Å². The summed E-state index contributed by atoms with van der Waals surface area (Å²) in [4.78, 5) is 20.6. The maximum atomic E-state index is 12.3. The molecule has 132 valence electrons. The minimum absolute atomic E-state index is 0.277. The second-order valence-electron chi connectivity index (χ2n) is 5.80. The standard InChI is InChI=1S/C19H16Cl2N4O/c1-11-3-5-15(7-12(11)2)24-18(26)13-9-22-19(23-10-13)25-17-8-14(20)4-6-16(17)21/h3-10H,1-2H3,(H,24,26)(H,22,23,25). The van der Waals surface area contributed by atoms with Gasteiger partial charge in [-0.3, -0.25) is 4.79 Å². The smallest absolute Gasteiger partial charge is 0.258 e. The number of carbonyl (C=O) groups is 1. The van der Waals surface area contributed by atoms with Crippen LogP contribution in [0.3, 0.4) is 0 Å². The second kappa shape index (κ2) is 7.72. The number of hydrogen-bond acceptors (Lipinski definition) is 4. The van der Waals surface area contributed by atoms with Crippen LogP contribution in [0.25, 0.3) is 0 Å². The minimum Gasteiger partial charge on any atom is -0.323 e. The molecule has 0 spiro atoms. The molecule has 0 aliphatic rings. The largest absolute Gasteiger partial charge is 0.323 e. The first-order chi connectivity index (χ1) is 12.4. The van der Waals surface area contributed by atoms with E-state index < -0.39 is 0 Å². The number of rotatable bonds is 4. The summed E-state index contributed by atoms with van der Waals surface area (Å²) in [6, 6.07) is 10.8. The number of nitrogens with one attached hydrogen (secondary N) is 2. The van der Waals surface area contributed by atoms with Gasteiger partial charge in [-0.1, -0.05) is 29.3 Å². The normalized spacial score (nSPS) is 10.5. The fourth-order valence-corrected chi connectivity index (χ4v) is 2.58. The number of anilines is 3. The van der Waals surface area contributed by atoms with E-state index in [2.05, 4.69) is 20.6 Å². The molecule has 3 rings (SSSR count). The van der Waals surface area contributed by atoms with Gasteiger partial charge in [0, 0.05) is 23.1 Å². The van der Waals surface area contributed by atoms with Crippen LogP contribution in [0, 0.1) is 13.8 Å². The molecule has 1 amide bonds. The number of aryl methyl sites for hydroxylation is 2. The lowest BCUT2D eigenvalue weighted by atomic mass is 10.1. The third-order valence-electron chi connectivity index (χ3n) is 3.85. The molecule has 0 aliphatic heterocycles. The van der Waals surface area contributed by atoms with Crippen molar-refractivity contribution in [3.63, 3.8) is 0 Å². The summed E-state index contributed by atoms with van der Waals surface area (Å²) in [6.07, 6.45) is 2.90. The second-order valence-corrected chi connectivity index (χ2v) is 6.64. The molecular formula is C19H16Cl2N4O. The molecule has 0 radical (unpaired) electrons. The van der Waals surface area contributed by atoms with E-state index in [9.17, 15) is 4.79 Å². The molecule has 0 fully saturated rings. The van der Waals surface area contributed by atoms with Crippen molar-refractivity contribution in [1.82, 2.24) is 9.97 Å². The first-order valence-corrected chi connectivity index (χ1v) is 8.61. The Morgan fingerprint density at radius 2 is 1.69 bits per heavy atom. The highest BCUT2D eigenvalue weighted by atomic mass is 35.5. The lowest BCUT2D eigenvalue weighted by Gasteiger charge is -2.09. The summed E-state index contributed by atoms with van der Waals surface area (Å²) in [5.74, 6) is 0.0393. The Morgan fingerprint density at radius 1 is 0.962 bits per heavy atom. The molecule has 3 aromatic rings. The molecule has 1 aromatic heterocycles. The van der Waals surface area contributed by atoms with E-state index in [1.807, 2.05) is 32.0 Å². The average molecular weight is 387 g/mol. The number of amides is 1. The highest BCUT2D eigenvalue weighted by Gasteiger charge is 2.09. The zero-order valence-corrected chi connectivity index (χ0v) is 15.7. The number of nitrogens with zero attached hydrogens (tertiary/aromatic N) is 2. The molecule has 2 N–H and O–H groups in total.